The van der Waals surface area contributed by atoms with E-state index in [9.17, 15) is 0 Å². The van der Waals surface area contributed by atoms with Gasteiger partial charge in [-0.1, -0.05) is 0 Å². The number of aryl methyl sites for hydroxylation is 1. The normalized spacial score (nSPS) is 24.8. The van der Waals surface area contributed by atoms with Crippen LogP contribution >= 0.6 is 0 Å². The first-order valence-corrected chi connectivity index (χ1v) is 7.80. The van der Waals surface area contributed by atoms with Gasteiger partial charge in [-0.15, -0.1) is 0 Å². The number of aromatic nitrogens is 2. The molecular formula is C15H26N4. The Morgan fingerprint density at radius 3 is 3.05 bits per heavy atom. The zero-order chi connectivity index (χ0) is 13.1. The highest BCUT2D eigenvalue weighted by atomic mass is 15.2. The highest BCUT2D eigenvalue weighted by molar-refractivity contribution is 4.98. The van der Waals surface area contributed by atoms with E-state index in [1.165, 1.54) is 51.0 Å². The smallest absolute Gasteiger partial charge is 0.0948 e. The molecule has 2 aliphatic rings. The van der Waals surface area contributed by atoms with E-state index in [-0.39, 0.29) is 0 Å². The Morgan fingerprint density at radius 1 is 1.37 bits per heavy atom. The van der Waals surface area contributed by atoms with Crippen molar-refractivity contribution in [2.75, 3.05) is 19.6 Å². The van der Waals surface area contributed by atoms with Gasteiger partial charge in [0.15, 0.2) is 0 Å². The second-order valence-corrected chi connectivity index (χ2v) is 6.10. The maximum absolute atomic E-state index is 4.27. The Balaban J connectivity index is 1.49. The van der Waals surface area contributed by atoms with Crippen LogP contribution < -0.4 is 5.32 Å². The molecule has 1 aromatic rings. The lowest BCUT2D eigenvalue weighted by molar-refractivity contribution is 0.162. The summed E-state index contributed by atoms with van der Waals surface area (Å²) in [6.07, 6.45) is 9.50. The Kier molecular flexibility index (Phi) is 4.18. The lowest BCUT2D eigenvalue weighted by Crippen LogP contribution is -2.39. The third-order valence-corrected chi connectivity index (χ3v) is 4.40. The van der Waals surface area contributed by atoms with Crippen LogP contribution in [0.2, 0.25) is 0 Å². The molecule has 19 heavy (non-hydrogen) atoms. The molecule has 0 aromatic carbocycles. The number of imidazole rings is 1. The molecule has 4 heteroatoms. The van der Waals surface area contributed by atoms with Gasteiger partial charge in [0, 0.05) is 31.9 Å². The van der Waals surface area contributed by atoms with Gasteiger partial charge >= 0.3 is 0 Å². The molecule has 0 radical (unpaired) electrons. The van der Waals surface area contributed by atoms with Gasteiger partial charge in [0.05, 0.1) is 12.0 Å². The lowest BCUT2D eigenvalue weighted by Gasteiger charge is -2.33. The van der Waals surface area contributed by atoms with Gasteiger partial charge in [-0.3, -0.25) is 4.90 Å². The van der Waals surface area contributed by atoms with Crippen molar-refractivity contribution >= 4 is 0 Å². The topological polar surface area (TPSA) is 33.1 Å². The zero-order valence-corrected chi connectivity index (χ0v) is 12.0. The van der Waals surface area contributed by atoms with E-state index in [0.29, 0.717) is 0 Å². The van der Waals surface area contributed by atoms with Crippen LogP contribution in [0.1, 0.15) is 38.3 Å². The standard InChI is InChI=1S/C15H26N4/c1-2-19-12-16-9-15(19)11-18-7-3-4-13(10-18)8-17-14-5-6-14/h9,12-14,17H,2-8,10-11H2,1H3. The summed E-state index contributed by atoms with van der Waals surface area (Å²) in [6, 6.07) is 0.844. The molecule has 4 nitrogen and oxygen atoms in total. The molecule has 1 N–H and O–H groups in total. The first-order valence-electron chi connectivity index (χ1n) is 7.80. The number of hydrogen-bond donors (Lipinski definition) is 1. The number of nitrogens with zero attached hydrogens (tertiary/aromatic N) is 3. The van der Waals surface area contributed by atoms with E-state index < -0.39 is 0 Å². The molecule has 2 heterocycles. The van der Waals surface area contributed by atoms with Crippen molar-refractivity contribution in [1.29, 1.82) is 0 Å². The lowest BCUT2D eigenvalue weighted by atomic mass is 9.98. The van der Waals surface area contributed by atoms with Crippen molar-refractivity contribution in [3.8, 4) is 0 Å². The molecule has 0 bridgehead atoms. The van der Waals surface area contributed by atoms with E-state index in [4.69, 9.17) is 0 Å². The van der Waals surface area contributed by atoms with Crippen LogP contribution in [0, 0.1) is 5.92 Å². The summed E-state index contributed by atoms with van der Waals surface area (Å²) in [5.74, 6) is 0.840. The average Bonchev–Trinajstić information content (AvgIpc) is 3.16. The van der Waals surface area contributed by atoms with E-state index in [0.717, 1.165) is 25.0 Å². The Hall–Kier alpha value is -0.870. The molecule has 1 aromatic heterocycles. The molecule has 1 aliphatic carbocycles. The van der Waals surface area contributed by atoms with Crippen molar-refractivity contribution in [1.82, 2.24) is 19.8 Å². The summed E-state index contributed by atoms with van der Waals surface area (Å²) in [5.41, 5.74) is 1.36. The summed E-state index contributed by atoms with van der Waals surface area (Å²) in [6.45, 7) is 7.98. The van der Waals surface area contributed by atoms with Crippen LogP contribution in [0.3, 0.4) is 0 Å². The second-order valence-electron chi connectivity index (χ2n) is 6.10. The number of rotatable bonds is 6. The number of piperidine rings is 1. The number of hydrogen-bond acceptors (Lipinski definition) is 3. The monoisotopic (exact) mass is 262 g/mol. The van der Waals surface area contributed by atoms with Gasteiger partial charge in [0.25, 0.3) is 0 Å². The van der Waals surface area contributed by atoms with Crippen molar-refractivity contribution in [3.63, 3.8) is 0 Å². The first kappa shape index (κ1) is 13.1. The Bertz CT molecular complexity index is 397. The molecule has 0 amide bonds. The highest BCUT2D eigenvalue weighted by Gasteiger charge is 2.25. The summed E-state index contributed by atoms with van der Waals surface area (Å²) >= 11 is 0. The van der Waals surface area contributed by atoms with Gasteiger partial charge in [0.1, 0.15) is 0 Å². The highest BCUT2D eigenvalue weighted by Crippen LogP contribution is 2.22. The van der Waals surface area contributed by atoms with Gasteiger partial charge < -0.3 is 9.88 Å². The van der Waals surface area contributed by atoms with Crippen LogP contribution in [0.15, 0.2) is 12.5 Å². The van der Waals surface area contributed by atoms with E-state index >= 15 is 0 Å². The molecule has 2 fully saturated rings. The minimum Gasteiger partial charge on any atom is -0.334 e. The Labute approximate surface area is 116 Å². The van der Waals surface area contributed by atoms with E-state index in [2.05, 4.69) is 26.7 Å². The maximum atomic E-state index is 4.27. The third kappa shape index (κ3) is 3.57. The van der Waals surface area contributed by atoms with Gasteiger partial charge in [-0.05, 0) is 51.6 Å². The van der Waals surface area contributed by atoms with Crippen LogP contribution in [0.4, 0.5) is 0 Å². The predicted octanol–water partition coefficient (Wildman–Crippen LogP) is 1.87. The fraction of sp³-hybridized carbons (Fsp3) is 0.800. The van der Waals surface area contributed by atoms with Crippen LogP contribution in [0.25, 0.3) is 0 Å². The van der Waals surface area contributed by atoms with Crippen molar-refractivity contribution in [3.05, 3.63) is 18.2 Å². The zero-order valence-electron chi connectivity index (χ0n) is 12.0. The van der Waals surface area contributed by atoms with Crippen molar-refractivity contribution < 1.29 is 0 Å². The molecule has 3 rings (SSSR count). The molecule has 1 aliphatic heterocycles. The molecule has 1 unspecified atom stereocenters. The third-order valence-electron chi connectivity index (χ3n) is 4.40. The van der Waals surface area contributed by atoms with Gasteiger partial charge in [-0.25, -0.2) is 4.98 Å². The van der Waals surface area contributed by atoms with Crippen molar-refractivity contribution in [2.45, 2.75) is 51.7 Å². The molecular weight excluding hydrogens is 236 g/mol. The summed E-state index contributed by atoms with van der Waals surface area (Å²) < 4.78 is 2.26. The molecule has 106 valence electrons. The quantitative estimate of drug-likeness (QED) is 0.849. The number of nitrogens with one attached hydrogen (secondary N) is 1. The fourth-order valence-electron chi connectivity index (χ4n) is 3.08. The second kappa shape index (κ2) is 6.06. The van der Waals surface area contributed by atoms with Crippen LogP contribution in [0.5, 0.6) is 0 Å². The number of likely N-dealkylation sites (tertiary alicyclic amines) is 1. The largest absolute Gasteiger partial charge is 0.334 e. The SMILES string of the molecule is CCn1cncc1CN1CCCC(CNC2CC2)C1. The summed E-state index contributed by atoms with van der Waals surface area (Å²) in [5, 5.41) is 3.68. The summed E-state index contributed by atoms with van der Waals surface area (Å²) in [7, 11) is 0. The summed E-state index contributed by atoms with van der Waals surface area (Å²) in [4.78, 5) is 6.87. The molecule has 0 spiro atoms. The molecule has 1 atom stereocenters. The predicted molar refractivity (Wildman–Crippen MR) is 76.9 cm³/mol. The van der Waals surface area contributed by atoms with E-state index in [1.54, 1.807) is 0 Å². The maximum Gasteiger partial charge on any atom is 0.0948 e. The first-order chi connectivity index (χ1) is 9.35. The fourth-order valence-corrected chi connectivity index (χ4v) is 3.08. The molecule has 1 saturated heterocycles. The van der Waals surface area contributed by atoms with Crippen LogP contribution in [-0.2, 0) is 13.1 Å². The Morgan fingerprint density at radius 2 is 2.26 bits per heavy atom. The minimum atomic E-state index is 0.840. The van der Waals surface area contributed by atoms with Gasteiger partial charge in [0.2, 0.25) is 0 Å². The molecule has 1 saturated carbocycles. The van der Waals surface area contributed by atoms with Gasteiger partial charge in [-0.2, -0.15) is 0 Å². The average molecular weight is 262 g/mol. The van der Waals surface area contributed by atoms with E-state index in [1.807, 2.05) is 12.5 Å². The van der Waals surface area contributed by atoms with Crippen LogP contribution in [-0.4, -0.2) is 40.1 Å². The minimum absolute atomic E-state index is 0.840. The van der Waals surface area contributed by atoms with Crippen molar-refractivity contribution in [2.24, 2.45) is 5.92 Å².